The molecule has 0 saturated carbocycles. The van der Waals surface area contributed by atoms with Crippen LogP contribution in [0.2, 0.25) is 0 Å². The van der Waals surface area contributed by atoms with Crippen LogP contribution >= 0.6 is 27.3 Å². The molecule has 0 aliphatic carbocycles. The summed E-state index contributed by atoms with van der Waals surface area (Å²) < 4.78 is 0.996. The minimum Gasteiger partial charge on any atom is -0.359 e. The number of aromatic nitrogens is 2. The number of rotatable bonds is 4. The second-order valence-corrected chi connectivity index (χ2v) is 7.97. The fraction of sp³-hybridized carbons (Fsp3) is 0.0455. The van der Waals surface area contributed by atoms with E-state index in [0.717, 1.165) is 38.0 Å². The van der Waals surface area contributed by atoms with Gasteiger partial charge in [-0.05, 0) is 31.2 Å². The highest BCUT2D eigenvalue weighted by molar-refractivity contribution is 9.10. The zero-order valence-corrected chi connectivity index (χ0v) is 17.4. The van der Waals surface area contributed by atoms with Crippen LogP contribution in [0.4, 0.5) is 5.69 Å². The number of para-hydroxylation sites is 1. The number of allylic oxidation sites excluding steroid dienone is 1. The summed E-state index contributed by atoms with van der Waals surface area (Å²) in [5, 5.41) is 16.5. The number of nitrogens with one attached hydrogen (secondary N) is 1. The van der Waals surface area contributed by atoms with E-state index < -0.39 is 0 Å². The maximum absolute atomic E-state index is 9.62. The summed E-state index contributed by atoms with van der Waals surface area (Å²) >= 11 is 4.93. The van der Waals surface area contributed by atoms with Gasteiger partial charge in [-0.15, -0.1) is 11.3 Å². The van der Waals surface area contributed by atoms with Gasteiger partial charge >= 0.3 is 0 Å². The Morgan fingerprint density at radius 2 is 2.00 bits per heavy atom. The molecule has 0 atom stereocenters. The van der Waals surface area contributed by atoms with Gasteiger partial charge in [0.1, 0.15) is 16.6 Å². The van der Waals surface area contributed by atoms with Crippen LogP contribution in [0.15, 0.2) is 70.7 Å². The number of aryl methyl sites for hydroxylation is 1. The van der Waals surface area contributed by atoms with Crippen molar-refractivity contribution in [2.75, 3.05) is 5.32 Å². The van der Waals surface area contributed by atoms with E-state index in [-0.39, 0.29) is 0 Å². The summed E-state index contributed by atoms with van der Waals surface area (Å²) in [6.45, 7) is 1.96. The van der Waals surface area contributed by atoms with Crippen molar-refractivity contribution in [3.8, 4) is 17.3 Å². The Labute approximate surface area is 175 Å². The second-order valence-electron chi connectivity index (χ2n) is 6.19. The van der Waals surface area contributed by atoms with Crippen LogP contribution in [0.3, 0.4) is 0 Å². The lowest BCUT2D eigenvalue weighted by Crippen LogP contribution is -1.94. The van der Waals surface area contributed by atoms with Crippen LogP contribution in [0.25, 0.3) is 27.7 Å². The van der Waals surface area contributed by atoms with E-state index in [0.29, 0.717) is 10.6 Å². The van der Waals surface area contributed by atoms with E-state index in [4.69, 9.17) is 0 Å². The molecule has 0 aliphatic heterocycles. The lowest BCUT2D eigenvalue weighted by Gasteiger charge is -2.06. The standard InChI is InChI=1S/C22H15BrN4S/c1-14-8-9-15-4-3-7-19(21(15)26-14)25-12-17(11-24)22-27-20(13-28-22)16-5-2-6-18(23)10-16/h2-10,12-13,25H,1H3/b17-12+. The molecule has 0 fully saturated rings. The van der Waals surface area contributed by atoms with E-state index in [1.807, 2.05) is 66.9 Å². The molecule has 0 radical (unpaired) electrons. The van der Waals surface area contributed by atoms with Gasteiger partial charge in [0.05, 0.1) is 16.9 Å². The number of benzene rings is 2. The van der Waals surface area contributed by atoms with E-state index in [1.165, 1.54) is 11.3 Å². The van der Waals surface area contributed by atoms with Gasteiger partial charge in [-0.3, -0.25) is 4.98 Å². The highest BCUT2D eigenvalue weighted by atomic mass is 79.9. The number of thiazole rings is 1. The van der Waals surface area contributed by atoms with E-state index in [1.54, 1.807) is 6.20 Å². The zero-order chi connectivity index (χ0) is 19.5. The number of fused-ring (bicyclic) bond motifs is 1. The Morgan fingerprint density at radius 3 is 2.82 bits per heavy atom. The molecule has 2 aromatic carbocycles. The number of anilines is 1. The van der Waals surface area contributed by atoms with Gasteiger partial charge in [0.25, 0.3) is 0 Å². The fourth-order valence-electron chi connectivity index (χ4n) is 2.83. The maximum atomic E-state index is 9.62. The van der Waals surface area contributed by atoms with Crippen molar-refractivity contribution < 1.29 is 0 Å². The third kappa shape index (κ3) is 3.81. The molecule has 6 heteroatoms. The first-order valence-electron chi connectivity index (χ1n) is 8.59. The molecule has 136 valence electrons. The van der Waals surface area contributed by atoms with Gasteiger partial charge in [-0.1, -0.05) is 46.3 Å². The van der Waals surface area contributed by atoms with Crippen molar-refractivity contribution >= 4 is 49.4 Å². The van der Waals surface area contributed by atoms with Gasteiger partial charge < -0.3 is 5.32 Å². The molecule has 4 aromatic rings. The van der Waals surface area contributed by atoms with Gasteiger partial charge in [-0.25, -0.2) is 4.98 Å². The highest BCUT2D eigenvalue weighted by Crippen LogP contribution is 2.28. The largest absolute Gasteiger partial charge is 0.359 e. The number of nitrogens with zero attached hydrogens (tertiary/aromatic N) is 3. The third-order valence-corrected chi connectivity index (χ3v) is 5.58. The Bertz CT molecular complexity index is 1240. The molecule has 1 N–H and O–H groups in total. The molecule has 0 amide bonds. The maximum Gasteiger partial charge on any atom is 0.136 e. The fourth-order valence-corrected chi connectivity index (χ4v) is 4.02. The first kappa shape index (κ1) is 18.4. The van der Waals surface area contributed by atoms with Crippen molar-refractivity contribution in [3.05, 3.63) is 81.4 Å². The van der Waals surface area contributed by atoms with Crippen molar-refractivity contribution in [2.24, 2.45) is 0 Å². The van der Waals surface area contributed by atoms with Gasteiger partial charge in [0.15, 0.2) is 0 Å². The first-order chi connectivity index (χ1) is 13.6. The minimum atomic E-state index is 0.482. The van der Waals surface area contributed by atoms with Crippen LogP contribution in [-0.4, -0.2) is 9.97 Å². The summed E-state index contributed by atoms with van der Waals surface area (Å²) in [6, 6.07) is 20.2. The molecule has 2 aromatic heterocycles. The van der Waals surface area contributed by atoms with Crippen molar-refractivity contribution in [3.63, 3.8) is 0 Å². The molecular formula is C22H15BrN4S. The normalized spacial score (nSPS) is 11.4. The predicted molar refractivity (Wildman–Crippen MR) is 119 cm³/mol. The molecule has 28 heavy (non-hydrogen) atoms. The molecule has 4 rings (SSSR count). The summed E-state index contributed by atoms with van der Waals surface area (Å²) in [5.74, 6) is 0. The number of halogens is 1. The summed E-state index contributed by atoms with van der Waals surface area (Å²) in [6.07, 6.45) is 1.70. The van der Waals surface area contributed by atoms with Gasteiger partial charge in [0, 0.05) is 32.7 Å². The lowest BCUT2D eigenvalue weighted by molar-refractivity contribution is 1.25. The average Bonchev–Trinajstić information content (AvgIpc) is 3.19. The first-order valence-corrected chi connectivity index (χ1v) is 10.3. The number of nitriles is 1. The van der Waals surface area contributed by atoms with Gasteiger partial charge in [0.2, 0.25) is 0 Å². The topological polar surface area (TPSA) is 61.6 Å². The Balaban J connectivity index is 1.65. The highest BCUT2D eigenvalue weighted by Gasteiger charge is 2.10. The van der Waals surface area contributed by atoms with Gasteiger partial charge in [-0.2, -0.15) is 5.26 Å². The zero-order valence-electron chi connectivity index (χ0n) is 15.0. The summed E-state index contributed by atoms with van der Waals surface area (Å²) in [5.41, 5.74) is 5.03. The van der Waals surface area contributed by atoms with Crippen molar-refractivity contribution in [2.45, 2.75) is 6.92 Å². The smallest absolute Gasteiger partial charge is 0.136 e. The molecule has 2 heterocycles. The average molecular weight is 447 g/mol. The quantitative estimate of drug-likeness (QED) is 0.368. The van der Waals surface area contributed by atoms with Crippen molar-refractivity contribution in [1.29, 1.82) is 5.26 Å². The SMILES string of the molecule is Cc1ccc2cccc(N/C=C(\C#N)c3nc(-c4cccc(Br)c4)cs3)c2n1. The molecule has 0 saturated heterocycles. The Morgan fingerprint density at radius 1 is 1.14 bits per heavy atom. The monoisotopic (exact) mass is 446 g/mol. The number of hydrogen-bond donors (Lipinski definition) is 1. The third-order valence-electron chi connectivity index (χ3n) is 4.21. The van der Waals surface area contributed by atoms with E-state index in [9.17, 15) is 5.26 Å². The number of hydrogen-bond acceptors (Lipinski definition) is 5. The van der Waals surface area contributed by atoms with Crippen molar-refractivity contribution in [1.82, 2.24) is 9.97 Å². The number of pyridine rings is 1. The molecule has 0 unspecified atom stereocenters. The van der Waals surface area contributed by atoms with Crippen LogP contribution in [-0.2, 0) is 0 Å². The van der Waals surface area contributed by atoms with Crippen LogP contribution in [0.1, 0.15) is 10.7 Å². The van der Waals surface area contributed by atoms with Crippen LogP contribution in [0.5, 0.6) is 0 Å². The molecule has 0 bridgehead atoms. The lowest BCUT2D eigenvalue weighted by atomic mass is 10.1. The summed E-state index contributed by atoms with van der Waals surface area (Å²) in [7, 11) is 0. The summed E-state index contributed by atoms with van der Waals surface area (Å²) in [4.78, 5) is 9.24. The Kier molecular flexibility index (Phi) is 5.20. The predicted octanol–water partition coefficient (Wildman–Crippen LogP) is 6.41. The van der Waals surface area contributed by atoms with Crippen LogP contribution < -0.4 is 5.32 Å². The second kappa shape index (κ2) is 7.93. The molecule has 0 spiro atoms. The molecule has 4 nitrogen and oxygen atoms in total. The van der Waals surface area contributed by atoms with Crippen LogP contribution in [0, 0.1) is 18.3 Å². The van der Waals surface area contributed by atoms with E-state index in [2.05, 4.69) is 37.3 Å². The minimum absolute atomic E-state index is 0.482. The molecular weight excluding hydrogens is 432 g/mol. The van der Waals surface area contributed by atoms with E-state index >= 15 is 0 Å². The Hall–Kier alpha value is -3.01. The molecule has 0 aliphatic rings.